The summed E-state index contributed by atoms with van der Waals surface area (Å²) >= 11 is 1.22. The lowest BCUT2D eigenvalue weighted by Gasteiger charge is -2.12. The number of hydrogen-bond acceptors (Lipinski definition) is 6. The Kier molecular flexibility index (Phi) is 4.74. The molecule has 0 aliphatic rings. The third-order valence-corrected chi connectivity index (χ3v) is 4.65. The molecule has 2 rings (SSSR count). The molecule has 0 aromatic carbocycles. The second-order valence-electron chi connectivity index (χ2n) is 4.71. The average molecular weight is 326 g/mol. The Morgan fingerprint density at radius 2 is 2.00 bits per heavy atom. The number of nitrogens with zero attached hydrogens (tertiary/aromatic N) is 3. The monoisotopic (exact) mass is 326 g/mol. The number of rotatable bonds is 5. The molecule has 1 N–H and O–H groups in total. The van der Waals surface area contributed by atoms with E-state index >= 15 is 0 Å². The highest BCUT2D eigenvalue weighted by Gasteiger charge is 2.23. The van der Waals surface area contributed by atoms with Crippen molar-refractivity contribution in [2.45, 2.75) is 30.7 Å². The van der Waals surface area contributed by atoms with E-state index in [-0.39, 0.29) is 11.6 Å². The number of carbonyl (C=O) groups excluding carboxylic acids is 1. The van der Waals surface area contributed by atoms with Crippen LogP contribution < -0.4 is 11.2 Å². The van der Waals surface area contributed by atoms with E-state index < -0.39 is 16.5 Å². The van der Waals surface area contributed by atoms with Crippen molar-refractivity contribution in [1.82, 2.24) is 19.1 Å². The summed E-state index contributed by atoms with van der Waals surface area (Å²) in [6.07, 6.45) is 0.571. The summed E-state index contributed by atoms with van der Waals surface area (Å²) in [5, 5.41) is 0.0770. The second-order valence-corrected chi connectivity index (χ2v) is 5.88. The maximum absolute atomic E-state index is 11.9. The molecule has 2 aromatic rings. The summed E-state index contributed by atoms with van der Waals surface area (Å²) in [4.78, 5) is 42.0. The van der Waals surface area contributed by atoms with Gasteiger partial charge in [0, 0.05) is 14.1 Å². The van der Waals surface area contributed by atoms with Gasteiger partial charge in [-0.15, -0.1) is 0 Å². The van der Waals surface area contributed by atoms with Crippen molar-refractivity contribution >= 4 is 28.9 Å². The van der Waals surface area contributed by atoms with Gasteiger partial charge in [-0.2, -0.15) is 0 Å². The molecular formula is C13H18N4O4S. The van der Waals surface area contributed by atoms with Crippen molar-refractivity contribution in [3.8, 4) is 0 Å². The number of nitrogens with one attached hydrogen (secondary N) is 1. The Morgan fingerprint density at radius 1 is 1.32 bits per heavy atom. The van der Waals surface area contributed by atoms with Crippen LogP contribution in [0.25, 0.3) is 11.2 Å². The first kappa shape index (κ1) is 16.3. The van der Waals surface area contributed by atoms with E-state index in [2.05, 4.69) is 9.97 Å². The summed E-state index contributed by atoms with van der Waals surface area (Å²) in [7, 11) is 3.21. The van der Waals surface area contributed by atoms with Crippen molar-refractivity contribution in [3.05, 3.63) is 20.8 Å². The Hall–Kier alpha value is -2.03. The summed E-state index contributed by atoms with van der Waals surface area (Å²) in [6.45, 7) is 3.94. The molecule has 22 heavy (non-hydrogen) atoms. The average Bonchev–Trinajstić information content (AvgIpc) is 2.80. The van der Waals surface area contributed by atoms with Gasteiger partial charge >= 0.3 is 11.7 Å². The summed E-state index contributed by atoms with van der Waals surface area (Å²) in [5.74, 6) is -0.315. The predicted octanol–water partition coefficient (Wildman–Crippen LogP) is 0.394. The fraction of sp³-hybridized carbons (Fsp3) is 0.538. The largest absolute Gasteiger partial charge is 0.465 e. The van der Waals surface area contributed by atoms with Gasteiger partial charge in [0.15, 0.2) is 16.3 Å². The molecular weight excluding hydrogens is 308 g/mol. The summed E-state index contributed by atoms with van der Waals surface area (Å²) in [5.41, 5.74) is -0.436. The smallest absolute Gasteiger partial charge is 0.329 e. The highest BCUT2D eigenvalue weighted by Crippen LogP contribution is 2.27. The Morgan fingerprint density at radius 3 is 2.59 bits per heavy atom. The van der Waals surface area contributed by atoms with Crippen molar-refractivity contribution in [2.24, 2.45) is 14.1 Å². The van der Waals surface area contributed by atoms with Crippen LogP contribution in [-0.4, -0.2) is 36.9 Å². The van der Waals surface area contributed by atoms with Crippen LogP contribution in [0.1, 0.15) is 20.3 Å². The standard InChI is InChI=1S/C13H18N4O4S/c1-5-7(11(19)21-6-2)22-13-14-9-8(16(13)3)10(18)15-12(20)17(9)4/h7H,5-6H2,1-4H3,(H,15,18,20). The minimum absolute atomic E-state index is 0.289. The van der Waals surface area contributed by atoms with Crippen molar-refractivity contribution in [1.29, 1.82) is 0 Å². The number of fused-ring (bicyclic) bond motifs is 1. The van der Waals surface area contributed by atoms with Gasteiger partial charge < -0.3 is 9.30 Å². The van der Waals surface area contributed by atoms with Crippen LogP contribution in [0.5, 0.6) is 0 Å². The minimum Gasteiger partial charge on any atom is -0.465 e. The number of imidazole rings is 1. The van der Waals surface area contributed by atoms with E-state index in [4.69, 9.17) is 4.74 Å². The SMILES string of the molecule is CCOC(=O)C(CC)Sc1nc2c(c(=O)[nH]c(=O)n2C)n1C. The number of aromatic nitrogens is 4. The third-order valence-electron chi connectivity index (χ3n) is 3.26. The summed E-state index contributed by atoms with van der Waals surface area (Å²) < 4.78 is 7.88. The predicted molar refractivity (Wildman–Crippen MR) is 83.1 cm³/mol. The first-order valence-corrected chi connectivity index (χ1v) is 7.77. The topological polar surface area (TPSA) is 99.0 Å². The molecule has 0 aliphatic heterocycles. The van der Waals surface area contributed by atoms with E-state index in [1.165, 1.54) is 23.4 Å². The Labute approximate surface area is 130 Å². The van der Waals surface area contributed by atoms with Gasteiger partial charge in [0.1, 0.15) is 5.25 Å². The van der Waals surface area contributed by atoms with Crippen molar-refractivity contribution < 1.29 is 9.53 Å². The molecule has 8 nitrogen and oxygen atoms in total. The maximum atomic E-state index is 11.9. The number of hydrogen-bond donors (Lipinski definition) is 1. The van der Waals surface area contributed by atoms with Crippen LogP contribution >= 0.6 is 11.8 Å². The van der Waals surface area contributed by atoms with Gasteiger partial charge in [0.05, 0.1) is 6.61 Å². The quantitative estimate of drug-likeness (QED) is 0.630. The first-order chi connectivity index (χ1) is 10.4. The maximum Gasteiger partial charge on any atom is 0.329 e. The molecule has 0 radical (unpaired) electrons. The number of aromatic amines is 1. The molecule has 0 saturated carbocycles. The number of H-pyrrole nitrogens is 1. The molecule has 0 fully saturated rings. The molecule has 2 heterocycles. The van der Waals surface area contributed by atoms with Crippen LogP contribution in [0, 0.1) is 0 Å². The number of esters is 1. The highest BCUT2D eigenvalue weighted by atomic mass is 32.2. The number of carbonyl (C=O) groups is 1. The normalized spacial score (nSPS) is 12.5. The number of thioether (sulfide) groups is 1. The minimum atomic E-state index is -0.524. The Bertz CT molecular complexity index is 820. The molecule has 0 spiro atoms. The van der Waals surface area contributed by atoms with Gasteiger partial charge in [0.25, 0.3) is 5.56 Å². The lowest BCUT2D eigenvalue weighted by atomic mass is 10.3. The molecule has 2 aromatic heterocycles. The van der Waals surface area contributed by atoms with Gasteiger partial charge in [-0.3, -0.25) is 19.1 Å². The van der Waals surface area contributed by atoms with Crippen LogP contribution in [0.4, 0.5) is 0 Å². The zero-order valence-electron chi connectivity index (χ0n) is 12.9. The first-order valence-electron chi connectivity index (χ1n) is 6.89. The fourth-order valence-corrected chi connectivity index (χ4v) is 3.03. The molecule has 0 amide bonds. The third kappa shape index (κ3) is 2.80. The molecule has 0 bridgehead atoms. The zero-order valence-corrected chi connectivity index (χ0v) is 13.7. The second kappa shape index (κ2) is 6.39. The van der Waals surface area contributed by atoms with Crippen molar-refractivity contribution in [3.63, 3.8) is 0 Å². The van der Waals surface area contributed by atoms with Crippen LogP contribution in [0.15, 0.2) is 14.7 Å². The van der Waals surface area contributed by atoms with E-state index in [1.807, 2.05) is 6.92 Å². The number of aryl methyl sites for hydroxylation is 2. The molecule has 9 heteroatoms. The van der Waals surface area contributed by atoms with Gasteiger partial charge in [-0.1, -0.05) is 18.7 Å². The van der Waals surface area contributed by atoms with Crippen molar-refractivity contribution in [2.75, 3.05) is 6.61 Å². The lowest BCUT2D eigenvalue weighted by molar-refractivity contribution is -0.142. The molecule has 0 aliphatic carbocycles. The molecule has 120 valence electrons. The lowest BCUT2D eigenvalue weighted by Crippen LogP contribution is -2.29. The van der Waals surface area contributed by atoms with E-state index in [0.29, 0.717) is 23.7 Å². The van der Waals surface area contributed by atoms with Crippen LogP contribution in [-0.2, 0) is 23.6 Å². The zero-order chi connectivity index (χ0) is 16.4. The molecule has 1 unspecified atom stereocenters. The van der Waals surface area contributed by atoms with Gasteiger partial charge in [0.2, 0.25) is 0 Å². The fourth-order valence-electron chi connectivity index (χ4n) is 2.05. The van der Waals surface area contributed by atoms with Crippen LogP contribution in [0.3, 0.4) is 0 Å². The molecule has 1 atom stereocenters. The Balaban J connectivity index is 2.49. The summed E-state index contributed by atoms with van der Waals surface area (Å²) in [6, 6.07) is 0. The molecule has 0 saturated heterocycles. The number of ether oxygens (including phenoxy) is 1. The van der Waals surface area contributed by atoms with E-state index in [0.717, 1.165) is 0 Å². The van der Waals surface area contributed by atoms with Crippen LogP contribution in [0.2, 0.25) is 0 Å². The van der Waals surface area contributed by atoms with E-state index in [1.54, 1.807) is 18.5 Å². The highest BCUT2D eigenvalue weighted by molar-refractivity contribution is 8.00. The van der Waals surface area contributed by atoms with E-state index in [9.17, 15) is 14.4 Å². The van der Waals surface area contributed by atoms with Gasteiger partial charge in [-0.05, 0) is 13.3 Å². The van der Waals surface area contributed by atoms with Gasteiger partial charge in [-0.25, -0.2) is 9.78 Å².